The van der Waals surface area contributed by atoms with Crippen molar-refractivity contribution < 1.29 is 23.8 Å². The minimum Gasteiger partial charge on any atom is -0.462 e. The Balaban J connectivity index is 4.25. The molecule has 0 spiro atoms. The highest BCUT2D eigenvalue weighted by Crippen LogP contribution is 2.10. The maximum absolute atomic E-state index is 12.5. The van der Waals surface area contributed by atoms with Gasteiger partial charge in [-0.2, -0.15) is 0 Å². The van der Waals surface area contributed by atoms with Crippen LogP contribution in [-0.4, -0.2) is 37.9 Å². The zero-order chi connectivity index (χ0) is 35.0. The summed E-state index contributed by atoms with van der Waals surface area (Å²) in [5.41, 5.74) is 0. The minimum absolute atomic E-state index is 0.0398. The molecule has 5 nitrogen and oxygen atoms in total. The quantitative estimate of drug-likeness (QED) is 0.0388. The summed E-state index contributed by atoms with van der Waals surface area (Å²) in [6.07, 6.45) is 47.9. The molecule has 0 bridgehead atoms. The standard InChI is InChI=1S/C43H72O5/c1-4-7-10-13-15-17-19-21-23-25-27-29-32-35-38-46-39-41(48-43(45)37-34-30-12-9-6-3)40-47-42(44)36-33-31-28-26-24-22-20-18-16-14-11-8-5-2/h8,10-11,13,16-19,22,24,28,31,41H,4-7,9,12,14-15,20-21,23,25-27,29-30,32-40H2,1-3H3/b11-8-,13-10-,18-16-,19-17-,24-22-,31-28-. The van der Waals surface area contributed by atoms with Crippen LogP contribution < -0.4 is 0 Å². The number of carbonyl (C=O) groups is 2. The van der Waals surface area contributed by atoms with Crippen LogP contribution in [0.1, 0.15) is 162 Å². The Bertz CT molecular complexity index is 895. The molecule has 0 N–H and O–H groups in total. The van der Waals surface area contributed by atoms with Crippen molar-refractivity contribution in [2.45, 2.75) is 168 Å². The summed E-state index contributed by atoms with van der Waals surface area (Å²) in [6.45, 7) is 7.44. The lowest BCUT2D eigenvalue weighted by Crippen LogP contribution is -2.30. The summed E-state index contributed by atoms with van der Waals surface area (Å²) >= 11 is 0. The molecule has 0 aliphatic carbocycles. The second-order valence-corrected chi connectivity index (χ2v) is 12.5. The Hall–Kier alpha value is -2.66. The maximum atomic E-state index is 12.5. The molecule has 0 heterocycles. The van der Waals surface area contributed by atoms with Crippen molar-refractivity contribution >= 4 is 11.9 Å². The Morgan fingerprint density at radius 3 is 1.67 bits per heavy atom. The SMILES string of the molecule is CC/C=C\C/C=C\C/C=C\C/C=C\CCC(=O)OCC(COCCCCCCCC/C=C\C/C=C\CCC)OC(=O)CCCCCCC. The van der Waals surface area contributed by atoms with Crippen LogP contribution in [0.5, 0.6) is 0 Å². The van der Waals surface area contributed by atoms with E-state index in [-0.39, 0.29) is 25.2 Å². The van der Waals surface area contributed by atoms with Gasteiger partial charge in [0.05, 0.1) is 6.61 Å². The van der Waals surface area contributed by atoms with E-state index in [4.69, 9.17) is 14.2 Å². The van der Waals surface area contributed by atoms with Gasteiger partial charge in [0, 0.05) is 19.4 Å². The van der Waals surface area contributed by atoms with Crippen LogP contribution in [-0.2, 0) is 23.8 Å². The molecule has 0 radical (unpaired) electrons. The summed E-state index contributed by atoms with van der Waals surface area (Å²) in [7, 11) is 0. The van der Waals surface area contributed by atoms with E-state index < -0.39 is 6.10 Å². The van der Waals surface area contributed by atoms with Gasteiger partial charge >= 0.3 is 11.9 Å². The van der Waals surface area contributed by atoms with Gasteiger partial charge in [-0.3, -0.25) is 9.59 Å². The topological polar surface area (TPSA) is 61.8 Å². The van der Waals surface area contributed by atoms with E-state index >= 15 is 0 Å². The number of carbonyl (C=O) groups excluding carboxylic acids is 2. The molecule has 0 aromatic carbocycles. The molecule has 5 heteroatoms. The Labute approximate surface area is 296 Å². The van der Waals surface area contributed by atoms with Crippen LogP contribution in [0, 0.1) is 0 Å². The molecule has 48 heavy (non-hydrogen) atoms. The van der Waals surface area contributed by atoms with Crippen LogP contribution in [0.4, 0.5) is 0 Å². The molecule has 1 atom stereocenters. The van der Waals surface area contributed by atoms with E-state index in [0.29, 0.717) is 25.9 Å². The van der Waals surface area contributed by atoms with Crippen LogP contribution in [0.2, 0.25) is 0 Å². The fraction of sp³-hybridized carbons (Fsp3) is 0.674. The highest BCUT2D eigenvalue weighted by molar-refractivity contribution is 5.70. The van der Waals surface area contributed by atoms with E-state index in [0.717, 1.165) is 64.2 Å². The van der Waals surface area contributed by atoms with Crippen LogP contribution >= 0.6 is 0 Å². The second kappa shape index (κ2) is 38.8. The normalized spacial score (nSPS) is 13.0. The third-order valence-corrected chi connectivity index (χ3v) is 7.72. The van der Waals surface area contributed by atoms with E-state index in [1.807, 2.05) is 6.08 Å². The fourth-order valence-electron chi connectivity index (χ4n) is 4.85. The number of ether oxygens (including phenoxy) is 3. The van der Waals surface area contributed by atoms with Crippen molar-refractivity contribution in [2.75, 3.05) is 19.8 Å². The van der Waals surface area contributed by atoms with Crippen molar-refractivity contribution in [3.05, 3.63) is 72.9 Å². The number of allylic oxidation sites excluding steroid dienone is 12. The number of hydrogen-bond acceptors (Lipinski definition) is 5. The first kappa shape index (κ1) is 45.3. The zero-order valence-electron chi connectivity index (χ0n) is 31.2. The number of rotatable bonds is 34. The Kier molecular flexibility index (Phi) is 36.6. The van der Waals surface area contributed by atoms with E-state index in [2.05, 4.69) is 87.6 Å². The van der Waals surface area contributed by atoms with Gasteiger partial charge in [0.2, 0.25) is 0 Å². The van der Waals surface area contributed by atoms with Crippen molar-refractivity contribution in [2.24, 2.45) is 0 Å². The van der Waals surface area contributed by atoms with Crippen molar-refractivity contribution in [1.29, 1.82) is 0 Å². The van der Waals surface area contributed by atoms with Gasteiger partial charge in [-0.05, 0) is 70.6 Å². The predicted molar refractivity (Wildman–Crippen MR) is 205 cm³/mol. The maximum Gasteiger partial charge on any atom is 0.306 e. The first-order valence-corrected chi connectivity index (χ1v) is 19.5. The Morgan fingerprint density at radius 1 is 0.479 bits per heavy atom. The predicted octanol–water partition coefficient (Wildman–Crippen LogP) is 12.4. The van der Waals surface area contributed by atoms with Crippen LogP contribution in [0.25, 0.3) is 0 Å². The number of hydrogen-bond donors (Lipinski definition) is 0. The molecule has 0 amide bonds. The molecule has 0 aliphatic heterocycles. The summed E-state index contributed by atoms with van der Waals surface area (Å²) in [5, 5.41) is 0. The molecular formula is C43H72O5. The van der Waals surface area contributed by atoms with Gasteiger partial charge in [-0.25, -0.2) is 0 Å². The van der Waals surface area contributed by atoms with Gasteiger partial charge in [-0.1, -0.05) is 151 Å². The average Bonchev–Trinajstić information content (AvgIpc) is 3.08. The molecule has 0 aromatic heterocycles. The monoisotopic (exact) mass is 669 g/mol. The first-order chi connectivity index (χ1) is 23.6. The third-order valence-electron chi connectivity index (χ3n) is 7.72. The minimum atomic E-state index is -0.565. The lowest BCUT2D eigenvalue weighted by atomic mass is 10.1. The molecule has 274 valence electrons. The van der Waals surface area contributed by atoms with Gasteiger partial charge < -0.3 is 14.2 Å². The summed E-state index contributed by atoms with van der Waals surface area (Å²) < 4.78 is 17.0. The molecule has 0 saturated carbocycles. The molecule has 1 unspecified atom stereocenters. The largest absolute Gasteiger partial charge is 0.462 e. The molecule has 0 saturated heterocycles. The molecule has 0 aromatic rings. The van der Waals surface area contributed by atoms with E-state index in [1.54, 1.807) is 0 Å². The van der Waals surface area contributed by atoms with Crippen molar-refractivity contribution in [3.8, 4) is 0 Å². The van der Waals surface area contributed by atoms with Gasteiger partial charge in [-0.15, -0.1) is 0 Å². The summed E-state index contributed by atoms with van der Waals surface area (Å²) in [6, 6.07) is 0. The van der Waals surface area contributed by atoms with E-state index in [1.165, 1.54) is 57.8 Å². The highest BCUT2D eigenvalue weighted by atomic mass is 16.6. The zero-order valence-corrected chi connectivity index (χ0v) is 31.2. The van der Waals surface area contributed by atoms with Crippen LogP contribution in [0.15, 0.2) is 72.9 Å². The summed E-state index contributed by atoms with van der Waals surface area (Å²) in [4.78, 5) is 24.8. The first-order valence-electron chi connectivity index (χ1n) is 19.5. The van der Waals surface area contributed by atoms with Gasteiger partial charge in [0.25, 0.3) is 0 Å². The Morgan fingerprint density at radius 2 is 1.02 bits per heavy atom. The lowest BCUT2D eigenvalue weighted by molar-refractivity contribution is -0.162. The van der Waals surface area contributed by atoms with Crippen LogP contribution in [0.3, 0.4) is 0 Å². The second-order valence-electron chi connectivity index (χ2n) is 12.5. The molecule has 0 aliphatic rings. The average molecular weight is 669 g/mol. The fourth-order valence-corrected chi connectivity index (χ4v) is 4.85. The lowest BCUT2D eigenvalue weighted by Gasteiger charge is -2.18. The molecular weight excluding hydrogens is 596 g/mol. The third kappa shape index (κ3) is 36.2. The van der Waals surface area contributed by atoms with Crippen molar-refractivity contribution in [1.82, 2.24) is 0 Å². The van der Waals surface area contributed by atoms with Gasteiger partial charge in [0.1, 0.15) is 6.61 Å². The van der Waals surface area contributed by atoms with E-state index in [9.17, 15) is 9.59 Å². The van der Waals surface area contributed by atoms with Crippen molar-refractivity contribution in [3.63, 3.8) is 0 Å². The summed E-state index contributed by atoms with van der Waals surface area (Å²) in [5.74, 6) is -0.517. The number of esters is 2. The smallest absolute Gasteiger partial charge is 0.306 e. The van der Waals surface area contributed by atoms with Gasteiger partial charge in [0.15, 0.2) is 6.10 Å². The molecule has 0 rings (SSSR count). The molecule has 0 fully saturated rings. The highest BCUT2D eigenvalue weighted by Gasteiger charge is 2.17. The number of unbranched alkanes of at least 4 members (excludes halogenated alkanes) is 11.